The summed E-state index contributed by atoms with van der Waals surface area (Å²) < 4.78 is 19.2. The lowest BCUT2D eigenvalue weighted by Gasteiger charge is -2.15. The van der Waals surface area contributed by atoms with Crippen molar-refractivity contribution in [3.05, 3.63) is 29.6 Å². The third-order valence-corrected chi connectivity index (χ3v) is 3.27. The molecule has 1 rings (SSSR count). The third-order valence-electron chi connectivity index (χ3n) is 3.27. The topological polar surface area (TPSA) is 35.2 Å². The Morgan fingerprint density at radius 3 is 2.67 bits per heavy atom. The van der Waals surface area contributed by atoms with Crippen LogP contribution in [0.4, 0.5) is 4.39 Å². The summed E-state index contributed by atoms with van der Waals surface area (Å²) in [6.45, 7) is 5.24. The van der Waals surface area contributed by atoms with Gasteiger partial charge in [0.25, 0.3) is 0 Å². The SMILES string of the molecule is CCCCC(CC)COc1ccc(CN)c(F)c1. The van der Waals surface area contributed by atoms with Gasteiger partial charge in [-0.05, 0) is 18.4 Å². The third kappa shape index (κ3) is 4.65. The van der Waals surface area contributed by atoms with Gasteiger partial charge < -0.3 is 10.5 Å². The van der Waals surface area contributed by atoms with Crippen molar-refractivity contribution in [2.45, 2.75) is 46.1 Å². The normalized spacial score (nSPS) is 12.4. The highest BCUT2D eigenvalue weighted by molar-refractivity contribution is 5.28. The van der Waals surface area contributed by atoms with Gasteiger partial charge in [-0.15, -0.1) is 0 Å². The van der Waals surface area contributed by atoms with E-state index in [1.54, 1.807) is 12.1 Å². The molecule has 2 nitrogen and oxygen atoms in total. The van der Waals surface area contributed by atoms with Crippen molar-refractivity contribution in [2.75, 3.05) is 6.61 Å². The molecule has 0 aliphatic rings. The average molecular weight is 253 g/mol. The summed E-state index contributed by atoms with van der Waals surface area (Å²) in [5.41, 5.74) is 5.95. The van der Waals surface area contributed by atoms with E-state index in [1.807, 2.05) is 0 Å². The van der Waals surface area contributed by atoms with Gasteiger partial charge in [0, 0.05) is 18.2 Å². The molecule has 0 aromatic heterocycles. The largest absolute Gasteiger partial charge is 0.493 e. The molecule has 0 saturated heterocycles. The number of benzene rings is 1. The number of ether oxygens (including phenoxy) is 1. The van der Waals surface area contributed by atoms with Crippen molar-refractivity contribution in [1.82, 2.24) is 0 Å². The van der Waals surface area contributed by atoms with Crippen LogP contribution in [0.1, 0.15) is 45.1 Å². The zero-order chi connectivity index (χ0) is 13.4. The molecule has 1 unspecified atom stereocenters. The van der Waals surface area contributed by atoms with Gasteiger partial charge >= 0.3 is 0 Å². The first kappa shape index (κ1) is 15.0. The Bertz CT molecular complexity index is 354. The van der Waals surface area contributed by atoms with Crippen LogP contribution < -0.4 is 10.5 Å². The maximum absolute atomic E-state index is 13.5. The first-order valence-corrected chi connectivity index (χ1v) is 6.82. The van der Waals surface area contributed by atoms with Crippen LogP contribution in [0.3, 0.4) is 0 Å². The molecule has 18 heavy (non-hydrogen) atoms. The van der Waals surface area contributed by atoms with Crippen LogP contribution in [0.5, 0.6) is 5.75 Å². The minimum atomic E-state index is -0.281. The predicted octanol–water partition coefficient (Wildman–Crippen LogP) is 3.88. The number of unbranched alkanes of at least 4 members (excludes halogenated alkanes) is 1. The molecule has 0 radical (unpaired) electrons. The molecule has 0 fully saturated rings. The molecule has 0 heterocycles. The van der Waals surface area contributed by atoms with Gasteiger partial charge in [-0.25, -0.2) is 4.39 Å². The van der Waals surface area contributed by atoms with E-state index in [-0.39, 0.29) is 12.4 Å². The second-order valence-corrected chi connectivity index (χ2v) is 4.68. The van der Waals surface area contributed by atoms with E-state index >= 15 is 0 Å². The van der Waals surface area contributed by atoms with Crippen LogP contribution in [0.25, 0.3) is 0 Å². The minimum absolute atomic E-state index is 0.222. The highest BCUT2D eigenvalue weighted by atomic mass is 19.1. The highest BCUT2D eigenvalue weighted by Gasteiger charge is 2.08. The Labute approximate surface area is 109 Å². The van der Waals surface area contributed by atoms with Gasteiger partial charge in [0.2, 0.25) is 0 Å². The summed E-state index contributed by atoms with van der Waals surface area (Å²) in [4.78, 5) is 0. The second-order valence-electron chi connectivity index (χ2n) is 4.68. The molecule has 0 bridgehead atoms. The molecule has 2 N–H and O–H groups in total. The lowest BCUT2D eigenvalue weighted by molar-refractivity contribution is 0.232. The maximum atomic E-state index is 13.5. The summed E-state index contributed by atoms with van der Waals surface area (Å²) in [5, 5.41) is 0. The zero-order valence-electron chi connectivity index (χ0n) is 11.4. The van der Waals surface area contributed by atoms with Crippen LogP contribution in [0, 0.1) is 11.7 Å². The van der Waals surface area contributed by atoms with E-state index in [0.29, 0.717) is 23.8 Å². The lowest BCUT2D eigenvalue weighted by atomic mass is 10.0. The van der Waals surface area contributed by atoms with E-state index in [9.17, 15) is 4.39 Å². The molecular weight excluding hydrogens is 229 g/mol. The molecule has 1 atom stereocenters. The number of nitrogens with two attached hydrogens (primary N) is 1. The van der Waals surface area contributed by atoms with Crippen LogP contribution in [0.15, 0.2) is 18.2 Å². The van der Waals surface area contributed by atoms with Crippen LogP contribution >= 0.6 is 0 Å². The standard InChI is InChI=1S/C15H24FNO/c1-3-5-6-12(4-2)11-18-14-8-7-13(10-17)15(16)9-14/h7-9,12H,3-6,10-11,17H2,1-2H3. The first-order chi connectivity index (χ1) is 8.71. The number of hydrogen-bond donors (Lipinski definition) is 1. The minimum Gasteiger partial charge on any atom is -0.493 e. The monoisotopic (exact) mass is 253 g/mol. The van der Waals surface area contributed by atoms with Gasteiger partial charge in [0.1, 0.15) is 11.6 Å². The molecule has 1 aromatic rings. The van der Waals surface area contributed by atoms with E-state index in [0.717, 1.165) is 6.42 Å². The van der Waals surface area contributed by atoms with Crippen molar-refractivity contribution >= 4 is 0 Å². The van der Waals surface area contributed by atoms with E-state index in [1.165, 1.54) is 25.3 Å². The van der Waals surface area contributed by atoms with Crippen molar-refractivity contribution < 1.29 is 9.13 Å². The summed E-state index contributed by atoms with van der Waals surface area (Å²) in [5.74, 6) is 0.874. The first-order valence-electron chi connectivity index (χ1n) is 6.82. The summed E-state index contributed by atoms with van der Waals surface area (Å²) >= 11 is 0. The van der Waals surface area contributed by atoms with Gasteiger partial charge in [0.15, 0.2) is 0 Å². The quantitative estimate of drug-likeness (QED) is 0.763. The van der Waals surface area contributed by atoms with Crippen molar-refractivity contribution in [3.8, 4) is 5.75 Å². The van der Waals surface area contributed by atoms with E-state index in [4.69, 9.17) is 10.5 Å². The Balaban J connectivity index is 2.49. The van der Waals surface area contributed by atoms with E-state index < -0.39 is 0 Å². The summed E-state index contributed by atoms with van der Waals surface area (Å²) in [6.07, 6.45) is 4.71. The molecule has 0 spiro atoms. The van der Waals surface area contributed by atoms with E-state index in [2.05, 4.69) is 13.8 Å². The predicted molar refractivity (Wildman–Crippen MR) is 73.1 cm³/mol. The molecule has 0 aliphatic heterocycles. The molecular formula is C15H24FNO. The fourth-order valence-electron chi connectivity index (χ4n) is 1.90. The molecule has 1 aromatic carbocycles. The molecule has 102 valence electrons. The second kappa shape index (κ2) is 8.09. The molecule has 0 amide bonds. The Kier molecular flexibility index (Phi) is 6.73. The van der Waals surface area contributed by atoms with Crippen LogP contribution in [-0.2, 0) is 6.54 Å². The summed E-state index contributed by atoms with van der Waals surface area (Å²) in [7, 11) is 0. The Morgan fingerprint density at radius 1 is 1.33 bits per heavy atom. The molecule has 0 saturated carbocycles. The summed E-state index contributed by atoms with van der Waals surface area (Å²) in [6, 6.07) is 4.91. The van der Waals surface area contributed by atoms with Gasteiger partial charge in [-0.2, -0.15) is 0 Å². The number of rotatable bonds is 8. The van der Waals surface area contributed by atoms with Gasteiger partial charge in [0.05, 0.1) is 6.61 Å². The average Bonchev–Trinajstić information content (AvgIpc) is 2.39. The lowest BCUT2D eigenvalue weighted by Crippen LogP contribution is -2.11. The maximum Gasteiger partial charge on any atom is 0.131 e. The van der Waals surface area contributed by atoms with Gasteiger partial charge in [-0.3, -0.25) is 0 Å². The Hall–Kier alpha value is -1.09. The molecule has 3 heteroatoms. The smallest absolute Gasteiger partial charge is 0.131 e. The zero-order valence-corrected chi connectivity index (χ0v) is 11.4. The fraction of sp³-hybridized carbons (Fsp3) is 0.600. The van der Waals surface area contributed by atoms with Crippen molar-refractivity contribution in [2.24, 2.45) is 11.7 Å². The van der Waals surface area contributed by atoms with Crippen LogP contribution in [0.2, 0.25) is 0 Å². The van der Waals surface area contributed by atoms with Crippen molar-refractivity contribution in [3.63, 3.8) is 0 Å². The van der Waals surface area contributed by atoms with Gasteiger partial charge in [-0.1, -0.05) is 39.2 Å². The number of hydrogen-bond acceptors (Lipinski definition) is 2. The number of halogens is 1. The Morgan fingerprint density at radius 2 is 2.11 bits per heavy atom. The highest BCUT2D eigenvalue weighted by Crippen LogP contribution is 2.19. The molecule has 0 aliphatic carbocycles. The van der Waals surface area contributed by atoms with Crippen LogP contribution in [-0.4, -0.2) is 6.61 Å². The van der Waals surface area contributed by atoms with Crippen molar-refractivity contribution in [1.29, 1.82) is 0 Å². The fourth-order valence-corrected chi connectivity index (χ4v) is 1.90.